The minimum atomic E-state index is -0.218. The zero-order valence-corrected chi connectivity index (χ0v) is 20.0. The number of ether oxygens (including phenoxy) is 1. The summed E-state index contributed by atoms with van der Waals surface area (Å²) in [5.41, 5.74) is 8.89. The molecule has 0 bridgehead atoms. The normalized spacial score (nSPS) is 21.5. The van der Waals surface area contributed by atoms with E-state index in [1.54, 1.807) is 6.20 Å². The van der Waals surface area contributed by atoms with Crippen molar-refractivity contribution in [1.82, 2.24) is 19.5 Å². The molecule has 1 aliphatic carbocycles. The Labute approximate surface area is 203 Å². The lowest BCUT2D eigenvalue weighted by Crippen LogP contribution is -2.29. The van der Waals surface area contributed by atoms with E-state index in [2.05, 4.69) is 20.2 Å². The summed E-state index contributed by atoms with van der Waals surface area (Å²) >= 11 is 6.50. The monoisotopic (exact) mass is 483 g/mol. The van der Waals surface area contributed by atoms with Crippen LogP contribution in [-0.2, 0) is 9.53 Å². The smallest absolute Gasteiger partial charge is 0.224 e. The van der Waals surface area contributed by atoms with E-state index in [0.717, 1.165) is 68.6 Å². The second-order valence-electron chi connectivity index (χ2n) is 9.20. The number of aromatic nitrogens is 4. The van der Waals surface area contributed by atoms with Crippen molar-refractivity contribution < 1.29 is 9.53 Å². The van der Waals surface area contributed by atoms with E-state index in [0.29, 0.717) is 22.4 Å². The van der Waals surface area contributed by atoms with E-state index in [1.807, 2.05) is 25.1 Å². The number of halogens is 1. The number of imidazole rings is 1. The third kappa shape index (κ3) is 4.67. The third-order valence-corrected chi connectivity index (χ3v) is 7.23. The van der Waals surface area contributed by atoms with Gasteiger partial charge in [0.15, 0.2) is 5.65 Å². The van der Waals surface area contributed by atoms with Crippen LogP contribution in [0.15, 0.2) is 24.4 Å². The van der Waals surface area contributed by atoms with Gasteiger partial charge >= 0.3 is 0 Å². The van der Waals surface area contributed by atoms with Crippen molar-refractivity contribution in [3.63, 3.8) is 0 Å². The van der Waals surface area contributed by atoms with Gasteiger partial charge in [-0.15, -0.1) is 0 Å². The molecule has 4 N–H and O–H groups in total. The van der Waals surface area contributed by atoms with Gasteiger partial charge in [0.1, 0.15) is 5.52 Å². The van der Waals surface area contributed by atoms with Gasteiger partial charge in [0, 0.05) is 31.2 Å². The predicted octanol–water partition coefficient (Wildman–Crippen LogP) is 4.34. The highest BCUT2D eigenvalue weighted by Crippen LogP contribution is 2.38. The minimum Gasteiger partial charge on any atom is -0.381 e. The fourth-order valence-corrected chi connectivity index (χ4v) is 5.21. The molecule has 1 aliphatic heterocycles. The average Bonchev–Trinajstić information content (AvgIpc) is 3.19. The molecule has 1 saturated heterocycles. The van der Waals surface area contributed by atoms with Gasteiger partial charge in [0.05, 0.1) is 16.9 Å². The highest BCUT2D eigenvalue weighted by Gasteiger charge is 2.29. The molecule has 0 spiro atoms. The zero-order valence-electron chi connectivity index (χ0n) is 19.3. The van der Waals surface area contributed by atoms with Crippen LogP contribution in [0.3, 0.4) is 0 Å². The van der Waals surface area contributed by atoms with E-state index in [4.69, 9.17) is 32.0 Å². The number of aryl methyl sites for hydroxylation is 1. The minimum absolute atomic E-state index is 0.0753. The number of nitrogens with two attached hydrogens (primary N) is 1. The van der Waals surface area contributed by atoms with Crippen LogP contribution in [0.4, 0.5) is 17.6 Å². The Kier molecular flexibility index (Phi) is 6.56. The van der Waals surface area contributed by atoms with Crippen molar-refractivity contribution in [1.29, 1.82) is 0 Å². The first-order valence-corrected chi connectivity index (χ1v) is 12.3. The van der Waals surface area contributed by atoms with Crippen molar-refractivity contribution in [2.75, 3.05) is 23.8 Å². The molecule has 34 heavy (non-hydrogen) atoms. The van der Waals surface area contributed by atoms with Gasteiger partial charge in [-0.05, 0) is 57.1 Å². The van der Waals surface area contributed by atoms with Crippen molar-refractivity contribution in [2.24, 2.45) is 11.7 Å². The number of benzene rings is 1. The number of primary amides is 1. The van der Waals surface area contributed by atoms with Crippen molar-refractivity contribution in [2.45, 2.75) is 57.5 Å². The number of carbonyl (C=O) groups excluding carboxylic acids is 1. The second-order valence-corrected chi connectivity index (χ2v) is 9.61. The first-order valence-electron chi connectivity index (χ1n) is 11.9. The Morgan fingerprint density at radius 1 is 1.15 bits per heavy atom. The molecule has 180 valence electrons. The van der Waals surface area contributed by atoms with Gasteiger partial charge in [-0.1, -0.05) is 23.7 Å². The molecule has 10 heteroatoms. The second kappa shape index (κ2) is 9.76. The Morgan fingerprint density at radius 2 is 1.91 bits per heavy atom. The Hall–Kier alpha value is -2.91. The van der Waals surface area contributed by atoms with Gasteiger partial charge in [-0.2, -0.15) is 4.98 Å². The molecule has 2 aliphatic rings. The summed E-state index contributed by atoms with van der Waals surface area (Å²) in [4.78, 5) is 26.0. The predicted molar refractivity (Wildman–Crippen MR) is 132 cm³/mol. The molecule has 9 nitrogen and oxygen atoms in total. The largest absolute Gasteiger partial charge is 0.381 e. The maximum atomic E-state index is 11.7. The van der Waals surface area contributed by atoms with Crippen LogP contribution in [-0.4, -0.2) is 44.7 Å². The van der Waals surface area contributed by atoms with Crippen LogP contribution in [0.25, 0.3) is 11.2 Å². The number of hydrogen-bond acceptors (Lipinski definition) is 7. The molecule has 2 aromatic heterocycles. The average molecular weight is 484 g/mol. The number of carbonyl (C=O) groups is 1. The highest BCUT2D eigenvalue weighted by atomic mass is 35.5. The SMILES string of the molecule is Cc1cccc(Cl)c1Nc1nc2cnc(NC3CCOCC3)nc2n1C1CCC(C(N)=O)CC1. The number of para-hydroxylation sites is 1. The summed E-state index contributed by atoms with van der Waals surface area (Å²) in [5, 5.41) is 7.54. The molecule has 3 aromatic rings. The van der Waals surface area contributed by atoms with Gasteiger partial charge in [0.25, 0.3) is 0 Å². The third-order valence-electron chi connectivity index (χ3n) is 6.91. The van der Waals surface area contributed by atoms with Crippen LogP contribution < -0.4 is 16.4 Å². The van der Waals surface area contributed by atoms with E-state index in [1.165, 1.54) is 0 Å². The summed E-state index contributed by atoms with van der Waals surface area (Å²) in [7, 11) is 0. The van der Waals surface area contributed by atoms with Crippen molar-refractivity contribution in [3.8, 4) is 0 Å². The summed E-state index contributed by atoms with van der Waals surface area (Å²) in [6.07, 6.45) is 6.77. The molecular weight excluding hydrogens is 454 g/mol. The van der Waals surface area contributed by atoms with Crippen molar-refractivity contribution in [3.05, 3.63) is 35.0 Å². The van der Waals surface area contributed by atoms with Gasteiger partial charge in [-0.3, -0.25) is 9.36 Å². The molecule has 1 aromatic carbocycles. The fourth-order valence-electron chi connectivity index (χ4n) is 4.94. The molecule has 1 saturated carbocycles. The molecule has 1 amide bonds. The first-order chi connectivity index (χ1) is 16.5. The Morgan fingerprint density at radius 3 is 2.62 bits per heavy atom. The van der Waals surface area contributed by atoms with Crippen LogP contribution >= 0.6 is 11.6 Å². The van der Waals surface area contributed by atoms with Crippen LogP contribution in [0.2, 0.25) is 5.02 Å². The number of fused-ring (bicyclic) bond motifs is 1. The Bertz CT molecular complexity index is 1160. The van der Waals surface area contributed by atoms with Crippen molar-refractivity contribution >= 4 is 46.3 Å². The number of rotatable bonds is 6. The quantitative estimate of drug-likeness (QED) is 0.477. The first kappa shape index (κ1) is 22.9. The van der Waals surface area contributed by atoms with E-state index < -0.39 is 0 Å². The maximum absolute atomic E-state index is 11.7. The Balaban J connectivity index is 1.52. The molecule has 5 rings (SSSR count). The number of hydrogen-bond donors (Lipinski definition) is 3. The summed E-state index contributed by atoms with van der Waals surface area (Å²) in [6.45, 7) is 3.49. The standard InChI is InChI=1S/C24H30ClN7O2/c1-14-3-2-4-18(25)20(14)30-24-29-19-13-27-23(28-16-9-11-34-12-10-16)31-22(19)32(24)17-7-5-15(6-8-17)21(26)33/h2-4,13,15-17H,5-12H2,1H3,(H2,26,33)(H,29,30)(H,27,28,31). The lowest BCUT2D eigenvalue weighted by Gasteiger charge is -2.29. The van der Waals surface area contributed by atoms with Crippen LogP contribution in [0.1, 0.15) is 50.1 Å². The van der Waals surface area contributed by atoms with Crippen LogP contribution in [0.5, 0.6) is 0 Å². The topological polar surface area (TPSA) is 120 Å². The molecule has 0 atom stereocenters. The lowest BCUT2D eigenvalue weighted by molar-refractivity contribution is -0.122. The summed E-state index contributed by atoms with van der Waals surface area (Å²) < 4.78 is 7.61. The van der Waals surface area contributed by atoms with E-state index in [-0.39, 0.29) is 23.9 Å². The molecule has 0 radical (unpaired) electrons. The fraction of sp³-hybridized carbons (Fsp3) is 0.500. The molecular formula is C24H30ClN7O2. The number of anilines is 3. The van der Waals surface area contributed by atoms with Gasteiger partial charge in [0.2, 0.25) is 17.8 Å². The lowest BCUT2D eigenvalue weighted by atomic mass is 9.85. The molecule has 2 fully saturated rings. The van der Waals surface area contributed by atoms with Gasteiger partial charge in [-0.25, -0.2) is 9.97 Å². The van der Waals surface area contributed by atoms with E-state index in [9.17, 15) is 4.79 Å². The zero-order chi connectivity index (χ0) is 23.7. The number of nitrogens with zero attached hydrogens (tertiary/aromatic N) is 4. The summed E-state index contributed by atoms with van der Waals surface area (Å²) in [5.74, 6) is 0.968. The maximum Gasteiger partial charge on any atom is 0.224 e. The number of amides is 1. The summed E-state index contributed by atoms with van der Waals surface area (Å²) in [6, 6.07) is 6.22. The van der Waals surface area contributed by atoms with E-state index >= 15 is 0 Å². The van der Waals surface area contributed by atoms with Crippen LogP contribution in [0, 0.1) is 12.8 Å². The molecule has 0 unspecified atom stereocenters. The number of nitrogens with one attached hydrogen (secondary N) is 2. The van der Waals surface area contributed by atoms with Gasteiger partial charge < -0.3 is 21.1 Å². The highest BCUT2D eigenvalue weighted by molar-refractivity contribution is 6.33. The molecule has 3 heterocycles.